The molecule has 0 radical (unpaired) electrons. The van der Waals surface area contributed by atoms with Crippen LogP contribution in [0.2, 0.25) is 0 Å². The van der Waals surface area contributed by atoms with Gasteiger partial charge >= 0.3 is 6.61 Å². The Balaban J connectivity index is 1.33. The van der Waals surface area contributed by atoms with E-state index in [1.54, 1.807) is 17.0 Å². The second-order valence-electron chi connectivity index (χ2n) is 7.38. The highest BCUT2D eigenvalue weighted by atomic mass is 19.3. The molecule has 1 amide bonds. The van der Waals surface area contributed by atoms with Crippen molar-refractivity contribution < 1.29 is 32.5 Å². The molecule has 1 saturated heterocycles. The number of carbonyl (C=O) groups is 1. The largest absolute Gasteiger partial charge is 0.493 e. The van der Waals surface area contributed by atoms with E-state index in [4.69, 9.17) is 14.2 Å². The SMILES string of the molecule is COc1cccc(/C=C/C(=O)N2CCN(Cc3ccc4c(c3)OCO4)CC2)c1OC(F)F. The first kappa shape index (κ1) is 21.9. The summed E-state index contributed by atoms with van der Waals surface area (Å²) < 4.78 is 46.0. The minimum absolute atomic E-state index is 0.0948. The van der Waals surface area contributed by atoms with Crippen molar-refractivity contribution in [2.75, 3.05) is 40.1 Å². The molecule has 4 rings (SSSR count). The molecule has 2 aliphatic rings. The smallest absolute Gasteiger partial charge is 0.387 e. The zero-order chi connectivity index (χ0) is 22.5. The number of para-hydroxylation sites is 1. The van der Waals surface area contributed by atoms with Gasteiger partial charge in [0.25, 0.3) is 0 Å². The van der Waals surface area contributed by atoms with Crippen molar-refractivity contribution in [3.8, 4) is 23.0 Å². The molecule has 0 saturated carbocycles. The number of alkyl halides is 2. The first-order valence-corrected chi connectivity index (χ1v) is 10.2. The van der Waals surface area contributed by atoms with Crippen LogP contribution in [0.15, 0.2) is 42.5 Å². The monoisotopic (exact) mass is 446 g/mol. The molecule has 0 atom stereocenters. The van der Waals surface area contributed by atoms with Crippen LogP contribution in [0.3, 0.4) is 0 Å². The Labute approximate surface area is 184 Å². The third kappa shape index (κ3) is 5.11. The molecule has 2 heterocycles. The van der Waals surface area contributed by atoms with Crippen molar-refractivity contribution >= 4 is 12.0 Å². The van der Waals surface area contributed by atoms with Crippen LogP contribution >= 0.6 is 0 Å². The van der Waals surface area contributed by atoms with Crippen molar-refractivity contribution in [1.29, 1.82) is 0 Å². The summed E-state index contributed by atoms with van der Waals surface area (Å²) >= 11 is 0. The molecule has 2 aromatic carbocycles. The average molecular weight is 446 g/mol. The lowest BCUT2D eigenvalue weighted by Crippen LogP contribution is -2.47. The zero-order valence-electron chi connectivity index (χ0n) is 17.6. The molecule has 7 nitrogen and oxygen atoms in total. The van der Waals surface area contributed by atoms with Crippen LogP contribution in [0.4, 0.5) is 8.78 Å². The van der Waals surface area contributed by atoms with Gasteiger partial charge in [-0.3, -0.25) is 9.69 Å². The summed E-state index contributed by atoms with van der Waals surface area (Å²) in [4.78, 5) is 16.6. The number of hydrogen-bond donors (Lipinski definition) is 0. The number of methoxy groups -OCH3 is 1. The van der Waals surface area contributed by atoms with E-state index < -0.39 is 6.61 Å². The highest BCUT2D eigenvalue weighted by molar-refractivity contribution is 5.92. The van der Waals surface area contributed by atoms with Gasteiger partial charge in [-0.2, -0.15) is 8.78 Å². The maximum atomic E-state index is 12.8. The van der Waals surface area contributed by atoms with Gasteiger partial charge in [0.1, 0.15) is 0 Å². The number of rotatable bonds is 7. The first-order chi connectivity index (χ1) is 15.5. The number of halogens is 2. The van der Waals surface area contributed by atoms with E-state index in [-0.39, 0.29) is 24.2 Å². The fourth-order valence-corrected chi connectivity index (χ4v) is 3.73. The number of nitrogens with zero attached hydrogens (tertiary/aromatic N) is 2. The number of piperazine rings is 1. The van der Waals surface area contributed by atoms with Crippen molar-refractivity contribution in [2.24, 2.45) is 0 Å². The van der Waals surface area contributed by atoms with E-state index >= 15 is 0 Å². The van der Waals surface area contributed by atoms with Gasteiger partial charge in [0.2, 0.25) is 12.7 Å². The molecule has 1 fully saturated rings. The molecular weight excluding hydrogens is 422 g/mol. The third-order valence-corrected chi connectivity index (χ3v) is 5.37. The molecule has 0 bridgehead atoms. The third-order valence-electron chi connectivity index (χ3n) is 5.37. The fourth-order valence-electron chi connectivity index (χ4n) is 3.73. The zero-order valence-corrected chi connectivity index (χ0v) is 17.6. The summed E-state index contributed by atoms with van der Waals surface area (Å²) in [5, 5.41) is 0. The van der Waals surface area contributed by atoms with Crippen LogP contribution in [0.25, 0.3) is 6.08 Å². The Bertz CT molecular complexity index is 990. The van der Waals surface area contributed by atoms with Crippen LogP contribution in [0, 0.1) is 0 Å². The van der Waals surface area contributed by atoms with Gasteiger partial charge in [-0.1, -0.05) is 18.2 Å². The Morgan fingerprint density at radius 3 is 2.66 bits per heavy atom. The molecule has 2 aliphatic heterocycles. The summed E-state index contributed by atoms with van der Waals surface area (Å²) in [5.74, 6) is 1.42. The highest BCUT2D eigenvalue weighted by Crippen LogP contribution is 2.34. The van der Waals surface area contributed by atoms with E-state index in [9.17, 15) is 13.6 Å². The van der Waals surface area contributed by atoms with E-state index in [0.29, 0.717) is 18.7 Å². The number of carbonyl (C=O) groups excluding carboxylic acids is 1. The Kier molecular flexibility index (Phi) is 6.75. The average Bonchev–Trinajstić information content (AvgIpc) is 3.26. The maximum Gasteiger partial charge on any atom is 0.387 e. The minimum Gasteiger partial charge on any atom is -0.493 e. The molecule has 0 unspecified atom stereocenters. The second kappa shape index (κ2) is 9.86. The van der Waals surface area contributed by atoms with E-state index in [2.05, 4.69) is 9.64 Å². The van der Waals surface area contributed by atoms with Gasteiger partial charge in [-0.15, -0.1) is 0 Å². The lowest BCUT2D eigenvalue weighted by Gasteiger charge is -2.34. The summed E-state index contributed by atoms with van der Waals surface area (Å²) in [7, 11) is 1.37. The Hall–Kier alpha value is -3.33. The summed E-state index contributed by atoms with van der Waals surface area (Å²) in [6.07, 6.45) is 2.85. The quantitative estimate of drug-likeness (QED) is 0.608. The minimum atomic E-state index is -2.99. The first-order valence-electron chi connectivity index (χ1n) is 10.2. The van der Waals surface area contributed by atoms with E-state index in [1.165, 1.54) is 25.3 Å². The molecular formula is C23H24F2N2O5. The molecule has 0 spiro atoms. The molecule has 0 aromatic heterocycles. The standard InChI is InChI=1S/C23H24F2N2O5/c1-29-19-4-2-3-17(22(19)32-23(24)25)6-8-21(28)27-11-9-26(10-12-27)14-16-5-7-18-20(13-16)31-15-30-18/h2-8,13,23H,9-12,14-15H2,1H3/b8-6+. The lowest BCUT2D eigenvalue weighted by molar-refractivity contribution is -0.127. The summed E-state index contributed by atoms with van der Waals surface area (Å²) in [5.41, 5.74) is 1.47. The van der Waals surface area contributed by atoms with Crippen LogP contribution in [-0.4, -0.2) is 62.4 Å². The van der Waals surface area contributed by atoms with Gasteiger partial charge in [0.05, 0.1) is 7.11 Å². The van der Waals surface area contributed by atoms with Gasteiger partial charge in [-0.25, -0.2) is 0 Å². The van der Waals surface area contributed by atoms with Crippen LogP contribution in [-0.2, 0) is 11.3 Å². The van der Waals surface area contributed by atoms with E-state index in [0.717, 1.165) is 36.7 Å². The molecule has 32 heavy (non-hydrogen) atoms. The van der Waals surface area contributed by atoms with Gasteiger partial charge in [0.15, 0.2) is 23.0 Å². The predicted octanol–water partition coefficient (Wildman–Crippen LogP) is 3.38. The Morgan fingerprint density at radius 2 is 1.91 bits per heavy atom. The van der Waals surface area contributed by atoms with Crippen molar-refractivity contribution in [3.05, 3.63) is 53.6 Å². The maximum absolute atomic E-state index is 12.8. The highest BCUT2D eigenvalue weighted by Gasteiger charge is 2.21. The number of hydrogen-bond acceptors (Lipinski definition) is 6. The molecule has 9 heteroatoms. The van der Waals surface area contributed by atoms with Crippen molar-refractivity contribution in [3.63, 3.8) is 0 Å². The van der Waals surface area contributed by atoms with Crippen LogP contribution in [0.5, 0.6) is 23.0 Å². The number of ether oxygens (including phenoxy) is 4. The van der Waals surface area contributed by atoms with Crippen LogP contribution < -0.4 is 18.9 Å². The molecule has 170 valence electrons. The predicted molar refractivity (Wildman–Crippen MR) is 113 cm³/mol. The number of fused-ring (bicyclic) bond motifs is 1. The number of amides is 1. The summed E-state index contributed by atoms with van der Waals surface area (Å²) in [6, 6.07) is 10.7. The van der Waals surface area contributed by atoms with Gasteiger partial charge in [-0.05, 0) is 29.8 Å². The van der Waals surface area contributed by atoms with Crippen LogP contribution in [0.1, 0.15) is 11.1 Å². The fraction of sp³-hybridized carbons (Fsp3) is 0.348. The normalized spacial score (nSPS) is 16.1. The van der Waals surface area contributed by atoms with Crippen molar-refractivity contribution in [1.82, 2.24) is 9.80 Å². The number of benzene rings is 2. The second-order valence-corrected chi connectivity index (χ2v) is 7.38. The molecule has 0 aliphatic carbocycles. The Morgan fingerprint density at radius 1 is 1.12 bits per heavy atom. The van der Waals surface area contributed by atoms with Crippen molar-refractivity contribution in [2.45, 2.75) is 13.2 Å². The van der Waals surface area contributed by atoms with Gasteiger partial charge < -0.3 is 23.8 Å². The molecule has 0 N–H and O–H groups in total. The topological polar surface area (TPSA) is 60.5 Å². The molecule has 2 aromatic rings. The van der Waals surface area contributed by atoms with Gasteiger partial charge in [0, 0.05) is 44.4 Å². The summed E-state index contributed by atoms with van der Waals surface area (Å²) in [6.45, 7) is 0.621. The lowest BCUT2D eigenvalue weighted by atomic mass is 10.1. The van der Waals surface area contributed by atoms with E-state index in [1.807, 2.05) is 18.2 Å².